The van der Waals surface area contributed by atoms with Crippen LogP contribution in [0.25, 0.3) is 5.82 Å². The zero-order chi connectivity index (χ0) is 23.5. The van der Waals surface area contributed by atoms with E-state index in [1.165, 1.54) is 35.3 Å². The Bertz CT molecular complexity index is 1140. The molecule has 32 heavy (non-hydrogen) atoms. The van der Waals surface area contributed by atoms with E-state index < -0.39 is 29.5 Å². The molecule has 14 heteroatoms. The van der Waals surface area contributed by atoms with Crippen molar-refractivity contribution in [2.45, 2.75) is 29.5 Å². The highest BCUT2D eigenvalue weighted by atomic mass is 32.2. The number of halogens is 4. The summed E-state index contributed by atoms with van der Waals surface area (Å²) in [5.74, 6) is -1.01. The lowest BCUT2D eigenvalue weighted by Gasteiger charge is -2.16. The summed E-state index contributed by atoms with van der Waals surface area (Å²) in [5, 5.41) is 2.34. The molecule has 0 spiro atoms. The van der Waals surface area contributed by atoms with E-state index in [-0.39, 0.29) is 39.6 Å². The zero-order valence-corrected chi connectivity index (χ0v) is 17.1. The van der Waals surface area contributed by atoms with Crippen LogP contribution >= 0.6 is 11.8 Å². The van der Waals surface area contributed by atoms with E-state index in [1.54, 1.807) is 6.92 Å². The highest BCUT2D eigenvalue weighted by molar-refractivity contribution is 8.00. The third-order valence-corrected chi connectivity index (χ3v) is 4.98. The number of nitrogens with one attached hydrogen (secondary N) is 1. The molecule has 0 saturated heterocycles. The Morgan fingerprint density at radius 2 is 1.91 bits per heavy atom. The Morgan fingerprint density at radius 1 is 1.16 bits per heavy atom. The fourth-order valence-electron chi connectivity index (χ4n) is 2.57. The van der Waals surface area contributed by atoms with E-state index in [2.05, 4.69) is 25.4 Å². The van der Waals surface area contributed by atoms with Gasteiger partial charge in [0.2, 0.25) is 0 Å². The van der Waals surface area contributed by atoms with Crippen molar-refractivity contribution in [1.29, 1.82) is 0 Å². The topological polar surface area (TPSA) is 129 Å². The summed E-state index contributed by atoms with van der Waals surface area (Å²) in [4.78, 5) is 35.5. The smallest absolute Gasteiger partial charge is 0.357 e. The molecular formula is C18H15F4N7O2S. The molecule has 0 aliphatic carbocycles. The quantitative estimate of drug-likeness (QED) is 0.383. The fourth-order valence-corrected chi connectivity index (χ4v) is 3.30. The maximum atomic E-state index is 13.3. The summed E-state index contributed by atoms with van der Waals surface area (Å²) < 4.78 is 52.7. The molecule has 0 unspecified atom stereocenters. The molecular weight excluding hydrogens is 454 g/mol. The van der Waals surface area contributed by atoms with Crippen molar-refractivity contribution in [3.8, 4) is 5.82 Å². The molecule has 0 aliphatic rings. The van der Waals surface area contributed by atoms with Crippen molar-refractivity contribution in [3.63, 3.8) is 0 Å². The first-order valence-corrected chi connectivity index (χ1v) is 9.68. The van der Waals surface area contributed by atoms with Gasteiger partial charge in [-0.3, -0.25) is 9.59 Å². The Kier molecular flexibility index (Phi) is 6.72. The predicted molar refractivity (Wildman–Crippen MR) is 105 cm³/mol. The van der Waals surface area contributed by atoms with Crippen LogP contribution in [-0.2, 0) is 0 Å². The van der Waals surface area contributed by atoms with E-state index in [0.29, 0.717) is 0 Å². The molecule has 3 rings (SSSR count). The van der Waals surface area contributed by atoms with Crippen LogP contribution in [0.4, 0.5) is 17.6 Å². The molecule has 3 aromatic rings. The molecule has 0 saturated carbocycles. The van der Waals surface area contributed by atoms with Gasteiger partial charge in [0.25, 0.3) is 11.8 Å². The van der Waals surface area contributed by atoms with Crippen LogP contribution in [-0.4, -0.2) is 48.2 Å². The summed E-state index contributed by atoms with van der Waals surface area (Å²) in [7, 11) is 0. The lowest BCUT2D eigenvalue weighted by Crippen LogP contribution is -2.29. The number of thioether (sulfide) groups is 1. The van der Waals surface area contributed by atoms with Crippen molar-refractivity contribution in [2.75, 3.05) is 0 Å². The molecule has 2 heterocycles. The highest BCUT2D eigenvalue weighted by Gasteiger charge is 2.42. The SMILES string of the molecule is C[C@H](NC(=O)c1cccc(SC(F)(F)C(F)F)c1)c1ncnn1-c1cc(C(N)=O)ncn1. The second-order valence-electron chi connectivity index (χ2n) is 6.34. The Labute approximate surface area is 182 Å². The van der Waals surface area contributed by atoms with Crippen molar-refractivity contribution in [2.24, 2.45) is 5.73 Å². The van der Waals surface area contributed by atoms with Crippen LogP contribution in [0, 0.1) is 0 Å². The minimum atomic E-state index is -4.29. The van der Waals surface area contributed by atoms with Gasteiger partial charge in [-0.2, -0.15) is 18.6 Å². The van der Waals surface area contributed by atoms with Gasteiger partial charge in [-0.1, -0.05) is 6.07 Å². The number of amides is 2. The van der Waals surface area contributed by atoms with Gasteiger partial charge in [-0.05, 0) is 36.9 Å². The number of carbonyl (C=O) groups is 2. The molecule has 3 N–H and O–H groups in total. The number of alkyl halides is 4. The summed E-state index contributed by atoms with van der Waals surface area (Å²) in [6.45, 7) is 1.58. The lowest BCUT2D eigenvalue weighted by molar-refractivity contribution is -0.0563. The van der Waals surface area contributed by atoms with Crippen LogP contribution < -0.4 is 11.1 Å². The number of hydrogen-bond acceptors (Lipinski definition) is 7. The normalized spacial score (nSPS) is 12.6. The number of nitrogens with two attached hydrogens (primary N) is 1. The number of nitrogens with zero attached hydrogens (tertiary/aromatic N) is 5. The monoisotopic (exact) mass is 469 g/mol. The number of aromatic nitrogens is 5. The first-order valence-electron chi connectivity index (χ1n) is 8.86. The average molecular weight is 469 g/mol. The van der Waals surface area contributed by atoms with Gasteiger partial charge in [0.15, 0.2) is 11.6 Å². The summed E-state index contributed by atoms with van der Waals surface area (Å²) in [6, 6.07) is 5.48. The van der Waals surface area contributed by atoms with Gasteiger partial charge in [0, 0.05) is 16.5 Å². The number of rotatable bonds is 8. The van der Waals surface area contributed by atoms with Gasteiger partial charge in [0.1, 0.15) is 18.3 Å². The largest absolute Gasteiger partial charge is 0.364 e. The Balaban J connectivity index is 1.78. The number of carbonyl (C=O) groups excluding carboxylic acids is 2. The summed E-state index contributed by atoms with van der Waals surface area (Å²) >= 11 is -0.336. The van der Waals surface area contributed by atoms with Gasteiger partial charge in [-0.15, -0.1) is 0 Å². The second-order valence-corrected chi connectivity index (χ2v) is 7.56. The zero-order valence-electron chi connectivity index (χ0n) is 16.2. The highest BCUT2D eigenvalue weighted by Crippen LogP contribution is 2.40. The molecule has 0 radical (unpaired) electrons. The van der Waals surface area contributed by atoms with Crippen LogP contribution in [0.2, 0.25) is 0 Å². The van der Waals surface area contributed by atoms with Crippen molar-refractivity contribution in [3.05, 3.63) is 60.1 Å². The molecule has 0 fully saturated rings. The Morgan fingerprint density at radius 3 is 2.59 bits per heavy atom. The Hall–Kier alpha value is -3.55. The molecule has 2 aromatic heterocycles. The van der Waals surface area contributed by atoms with E-state index in [0.717, 1.165) is 12.4 Å². The van der Waals surface area contributed by atoms with Gasteiger partial charge in [-0.25, -0.2) is 23.7 Å². The first-order chi connectivity index (χ1) is 15.1. The first kappa shape index (κ1) is 23.1. The van der Waals surface area contributed by atoms with Gasteiger partial charge >= 0.3 is 11.7 Å². The van der Waals surface area contributed by atoms with Gasteiger partial charge in [0.05, 0.1) is 6.04 Å². The third kappa shape index (κ3) is 5.19. The molecule has 1 atom stereocenters. The van der Waals surface area contributed by atoms with Crippen LogP contribution in [0.5, 0.6) is 0 Å². The predicted octanol–water partition coefficient (Wildman–Crippen LogP) is 2.60. The number of hydrogen-bond donors (Lipinski definition) is 2. The molecule has 1 aromatic carbocycles. The maximum Gasteiger partial charge on any atom is 0.357 e. The van der Waals surface area contributed by atoms with E-state index in [4.69, 9.17) is 5.73 Å². The van der Waals surface area contributed by atoms with Crippen LogP contribution in [0.3, 0.4) is 0 Å². The minimum absolute atomic E-state index is 0.0176. The lowest BCUT2D eigenvalue weighted by atomic mass is 10.2. The van der Waals surface area contributed by atoms with Crippen molar-refractivity contribution in [1.82, 2.24) is 30.0 Å². The molecule has 0 aliphatic heterocycles. The van der Waals surface area contributed by atoms with Crippen molar-refractivity contribution >= 4 is 23.6 Å². The third-order valence-electron chi connectivity index (χ3n) is 4.04. The molecule has 0 bridgehead atoms. The molecule has 2 amide bonds. The van der Waals surface area contributed by atoms with Crippen molar-refractivity contribution < 1.29 is 27.2 Å². The summed E-state index contributed by atoms with van der Waals surface area (Å²) in [5.41, 5.74) is 5.14. The van der Waals surface area contributed by atoms with E-state index in [9.17, 15) is 27.2 Å². The average Bonchev–Trinajstić information content (AvgIpc) is 3.23. The number of primary amides is 1. The van der Waals surface area contributed by atoms with E-state index >= 15 is 0 Å². The van der Waals surface area contributed by atoms with Gasteiger partial charge < -0.3 is 11.1 Å². The number of benzene rings is 1. The maximum absolute atomic E-state index is 13.3. The minimum Gasteiger partial charge on any atom is -0.364 e. The molecule has 9 nitrogen and oxygen atoms in total. The van der Waals surface area contributed by atoms with E-state index in [1.807, 2.05) is 0 Å². The molecule has 168 valence electrons. The second kappa shape index (κ2) is 9.30. The van der Waals surface area contributed by atoms with Crippen LogP contribution in [0.15, 0.2) is 47.9 Å². The standard InChI is InChI=1S/C18H15F4N7O2S/c1-9(15-26-8-27-29(15)13-6-12(14(23)30)24-7-25-13)28-16(31)10-3-2-4-11(5-10)32-18(21,22)17(19)20/h2-9,17H,1H3,(H2,23,30)(H,28,31)/t9-/m0/s1. The summed E-state index contributed by atoms with van der Waals surface area (Å²) in [6.07, 6.45) is -1.54. The fraction of sp³-hybridized carbons (Fsp3) is 0.222. The van der Waals surface area contributed by atoms with Crippen LogP contribution in [0.1, 0.15) is 39.6 Å².